The molecule has 0 unspecified atom stereocenters. The van der Waals surface area contributed by atoms with E-state index in [1.165, 1.54) is 4.40 Å². The number of amides is 2. The van der Waals surface area contributed by atoms with E-state index >= 15 is 0 Å². The zero-order chi connectivity index (χ0) is 34.9. The Morgan fingerprint density at radius 3 is 2.42 bits per heavy atom. The predicted molar refractivity (Wildman–Crippen MR) is 193 cm³/mol. The Bertz CT molecular complexity index is 2190. The van der Waals surface area contributed by atoms with Crippen molar-refractivity contribution in [3.05, 3.63) is 105 Å². The lowest BCUT2D eigenvalue weighted by Crippen LogP contribution is -2.54. The van der Waals surface area contributed by atoms with Crippen LogP contribution in [0.4, 0.5) is 0 Å². The number of carbonyl (C=O) groups excluding carboxylic acids is 2. The number of nitrogens with two attached hydrogens (primary N) is 1. The van der Waals surface area contributed by atoms with Crippen LogP contribution in [0.1, 0.15) is 30.4 Å². The minimum atomic E-state index is -0.384. The summed E-state index contributed by atoms with van der Waals surface area (Å²) in [7, 11) is 1.59. The first kappa shape index (κ1) is 33.7. The third-order valence-electron chi connectivity index (χ3n) is 9.41. The van der Waals surface area contributed by atoms with Gasteiger partial charge in [0.1, 0.15) is 5.65 Å². The van der Waals surface area contributed by atoms with Crippen molar-refractivity contribution in [3.8, 4) is 39.4 Å². The van der Waals surface area contributed by atoms with Crippen molar-refractivity contribution in [1.82, 2.24) is 29.9 Å². The third kappa shape index (κ3) is 6.57. The minimum Gasteiger partial charge on any atom is -0.481 e. The Balaban J connectivity index is 1.14. The van der Waals surface area contributed by atoms with Crippen molar-refractivity contribution in [2.75, 3.05) is 20.2 Å². The number of benzene rings is 2. The molecule has 0 bridgehead atoms. The number of rotatable bonds is 11. The van der Waals surface area contributed by atoms with Gasteiger partial charge in [-0.05, 0) is 36.6 Å². The SMILES string of the molecule is COc1nc(-c2cccc(-c3cccc(-c4ccn5c(=O)c(CN6CC[C@@H]6C(N)=O)cnc5c4)c3Cl)c2Cl)ccc1CNC[C@H]1CCC(=O)N1. The molecular weight excluding hydrogens is 677 g/mol. The van der Waals surface area contributed by atoms with Gasteiger partial charge in [0.2, 0.25) is 17.7 Å². The van der Waals surface area contributed by atoms with Crippen molar-refractivity contribution >= 4 is 40.7 Å². The van der Waals surface area contributed by atoms with Gasteiger partial charge in [-0.1, -0.05) is 65.7 Å². The van der Waals surface area contributed by atoms with E-state index < -0.39 is 0 Å². The highest BCUT2D eigenvalue weighted by atomic mass is 35.5. The topological polar surface area (TPSA) is 144 Å². The van der Waals surface area contributed by atoms with E-state index in [1.54, 1.807) is 19.5 Å². The molecule has 5 heterocycles. The van der Waals surface area contributed by atoms with E-state index in [-0.39, 0.29) is 29.5 Å². The van der Waals surface area contributed by atoms with Gasteiger partial charge in [0.05, 0.1) is 34.5 Å². The number of primary amides is 1. The van der Waals surface area contributed by atoms with Crippen LogP contribution in [0.25, 0.3) is 39.2 Å². The fourth-order valence-electron chi connectivity index (χ4n) is 6.60. The third-order valence-corrected chi connectivity index (χ3v) is 10.2. The average molecular weight is 713 g/mol. The molecule has 256 valence electrons. The number of hydrogen-bond donors (Lipinski definition) is 3. The first-order valence-electron chi connectivity index (χ1n) is 16.4. The van der Waals surface area contributed by atoms with Crippen molar-refractivity contribution < 1.29 is 14.3 Å². The molecule has 2 aliphatic rings. The Hall–Kier alpha value is -4.81. The van der Waals surface area contributed by atoms with Gasteiger partial charge in [-0.15, -0.1) is 0 Å². The molecule has 0 aliphatic carbocycles. The number of nitrogens with one attached hydrogen (secondary N) is 2. The molecule has 2 amide bonds. The first-order valence-corrected chi connectivity index (χ1v) is 17.1. The Morgan fingerprint density at radius 2 is 1.74 bits per heavy atom. The molecule has 13 heteroatoms. The number of fused-ring (bicyclic) bond motifs is 1. The van der Waals surface area contributed by atoms with E-state index in [0.717, 1.165) is 39.8 Å². The monoisotopic (exact) mass is 711 g/mol. The molecule has 0 spiro atoms. The fourth-order valence-corrected chi connectivity index (χ4v) is 7.26. The lowest BCUT2D eigenvalue weighted by atomic mass is 9.97. The summed E-state index contributed by atoms with van der Waals surface area (Å²) in [4.78, 5) is 47.7. The first-order chi connectivity index (χ1) is 24.2. The summed E-state index contributed by atoms with van der Waals surface area (Å²) in [5.41, 5.74) is 11.5. The Labute approximate surface area is 298 Å². The highest BCUT2D eigenvalue weighted by Gasteiger charge is 2.33. The van der Waals surface area contributed by atoms with Crippen LogP contribution >= 0.6 is 23.2 Å². The molecule has 2 atom stereocenters. The van der Waals surface area contributed by atoms with Gasteiger partial charge >= 0.3 is 0 Å². The normalized spacial score (nSPS) is 17.5. The van der Waals surface area contributed by atoms with Crippen molar-refractivity contribution in [1.29, 1.82) is 0 Å². The summed E-state index contributed by atoms with van der Waals surface area (Å²) in [6.45, 7) is 2.21. The van der Waals surface area contributed by atoms with Crippen LogP contribution in [0.5, 0.6) is 5.88 Å². The van der Waals surface area contributed by atoms with Gasteiger partial charge in [0, 0.05) is 78.9 Å². The maximum atomic E-state index is 13.3. The number of nitrogens with zero attached hydrogens (tertiary/aromatic N) is 4. The summed E-state index contributed by atoms with van der Waals surface area (Å²) in [5.74, 6) is 0.190. The molecule has 4 N–H and O–H groups in total. The summed E-state index contributed by atoms with van der Waals surface area (Å²) in [6.07, 6.45) is 5.33. The fraction of sp³-hybridized carbons (Fsp3) is 0.270. The summed E-state index contributed by atoms with van der Waals surface area (Å²) in [5, 5.41) is 7.33. The number of hydrogen-bond acceptors (Lipinski definition) is 8. The van der Waals surface area contributed by atoms with E-state index in [4.69, 9.17) is 38.7 Å². The number of carbonyl (C=O) groups is 2. The summed E-state index contributed by atoms with van der Waals surface area (Å²) < 4.78 is 7.13. The molecule has 2 saturated heterocycles. The molecule has 50 heavy (non-hydrogen) atoms. The van der Waals surface area contributed by atoms with Gasteiger partial charge in [0.15, 0.2) is 0 Å². The average Bonchev–Trinajstić information content (AvgIpc) is 3.52. The standard InChI is InChI=1S/C37H35Cl2N7O4/c1-50-36-22(17-41-19-24-9-11-32(47)43-24)8-10-29(44-36)28-7-3-6-27(34(28)39)26-5-2-4-25(33(26)38)21-12-15-46-31(16-21)42-18-23(37(46)49)20-45-14-13-30(45)35(40)48/h2-8,10,12,15-16,18,24,30,41H,9,11,13-14,17,19-20H2,1H3,(H2,40,48)(H,43,47)/t24-,30-/m1/s1. The molecular formula is C37H35Cl2N7O4. The number of aromatic nitrogens is 3. The van der Waals surface area contributed by atoms with Crippen LogP contribution in [0.2, 0.25) is 10.0 Å². The van der Waals surface area contributed by atoms with Crippen LogP contribution in [0.3, 0.4) is 0 Å². The molecule has 2 aliphatic heterocycles. The molecule has 2 fully saturated rings. The van der Waals surface area contributed by atoms with Gasteiger partial charge in [-0.2, -0.15) is 0 Å². The molecule has 11 nitrogen and oxygen atoms in total. The van der Waals surface area contributed by atoms with Gasteiger partial charge in [-0.25, -0.2) is 9.97 Å². The lowest BCUT2D eigenvalue weighted by Gasteiger charge is -2.38. The maximum absolute atomic E-state index is 13.3. The molecule has 0 saturated carbocycles. The molecule has 2 aromatic carbocycles. The second-order valence-corrected chi connectivity index (χ2v) is 13.3. The minimum absolute atomic E-state index is 0.0896. The van der Waals surface area contributed by atoms with Gasteiger partial charge < -0.3 is 21.1 Å². The largest absolute Gasteiger partial charge is 0.481 e. The second kappa shape index (κ2) is 14.2. The molecule has 0 radical (unpaired) electrons. The Morgan fingerprint density at radius 1 is 1.00 bits per heavy atom. The maximum Gasteiger partial charge on any atom is 0.262 e. The van der Waals surface area contributed by atoms with Crippen LogP contribution in [0.15, 0.2) is 77.9 Å². The van der Waals surface area contributed by atoms with Crippen molar-refractivity contribution in [2.45, 2.75) is 44.4 Å². The lowest BCUT2D eigenvalue weighted by molar-refractivity contribution is -0.127. The number of ether oxygens (including phenoxy) is 1. The number of pyridine rings is 2. The molecule has 7 rings (SSSR count). The van der Waals surface area contributed by atoms with E-state index in [9.17, 15) is 14.4 Å². The van der Waals surface area contributed by atoms with Crippen molar-refractivity contribution in [2.24, 2.45) is 5.73 Å². The molecule has 5 aromatic rings. The zero-order valence-corrected chi connectivity index (χ0v) is 28.8. The van der Waals surface area contributed by atoms with Crippen LogP contribution in [-0.4, -0.2) is 63.4 Å². The van der Waals surface area contributed by atoms with E-state index in [1.807, 2.05) is 65.6 Å². The van der Waals surface area contributed by atoms with Gasteiger partial charge in [0.25, 0.3) is 5.56 Å². The van der Waals surface area contributed by atoms with Crippen molar-refractivity contribution in [3.63, 3.8) is 0 Å². The highest BCUT2D eigenvalue weighted by molar-refractivity contribution is 6.39. The Kier molecular flexibility index (Phi) is 9.56. The van der Waals surface area contributed by atoms with Crippen LogP contribution in [0, 0.1) is 0 Å². The second-order valence-electron chi connectivity index (χ2n) is 12.5. The number of halogens is 2. The summed E-state index contributed by atoms with van der Waals surface area (Å²) in [6, 6.07) is 18.8. The predicted octanol–water partition coefficient (Wildman–Crippen LogP) is 4.83. The van der Waals surface area contributed by atoms with E-state index in [0.29, 0.717) is 71.9 Å². The summed E-state index contributed by atoms with van der Waals surface area (Å²) >= 11 is 14.2. The quantitative estimate of drug-likeness (QED) is 0.177. The zero-order valence-electron chi connectivity index (χ0n) is 27.3. The van der Waals surface area contributed by atoms with Crippen LogP contribution < -0.4 is 26.7 Å². The van der Waals surface area contributed by atoms with E-state index in [2.05, 4.69) is 15.6 Å². The van der Waals surface area contributed by atoms with Crippen LogP contribution in [-0.2, 0) is 22.7 Å². The molecule has 3 aromatic heterocycles. The number of likely N-dealkylation sites (tertiary alicyclic amines) is 1. The smallest absolute Gasteiger partial charge is 0.262 e. The number of methoxy groups -OCH3 is 1. The highest BCUT2D eigenvalue weighted by Crippen LogP contribution is 2.42. The van der Waals surface area contributed by atoms with Gasteiger partial charge in [-0.3, -0.25) is 23.7 Å².